The molecule has 0 spiro atoms. The molecule has 1 aromatic heterocycles. The zero-order chi connectivity index (χ0) is 14.7. The normalized spacial score (nSPS) is 23.6. The Hall–Kier alpha value is -2.05. The standard InChI is InChI=1S/C13H20N4O3/c1-3-10(11-14-5-6-15-11)16-13(20)17-7-4-9(8(17)2)12(18)19/h5-6,8-10H,3-4,7H2,1-2H3,(H,14,15)(H,16,20)(H,18,19). The fraction of sp³-hybridized carbons (Fsp3) is 0.615. The molecular formula is C13H20N4O3. The predicted molar refractivity (Wildman–Crippen MR) is 72.1 cm³/mol. The number of carboxylic acid groups (broad SMARTS) is 1. The quantitative estimate of drug-likeness (QED) is 0.775. The number of hydrogen-bond donors (Lipinski definition) is 3. The number of nitrogens with zero attached hydrogens (tertiary/aromatic N) is 2. The van der Waals surface area contributed by atoms with Crippen molar-refractivity contribution in [1.82, 2.24) is 20.2 Å². The second-order valence-corrected chi connectivity index (χ2v) is 5.05. The van der Waals surface area contributed by atoms with E-state index in [9.17, 15) is 9.59 Å². The van der Waals surface area contributed by atoms with E-state index in [0.29, 0.717) is 25.2 Å². The van der Waals surface area contributed by atoms with E-state index < -0.39 is 11.9 Å². The number of hydrogen-bond acceptors (Lipinski definition) is 3. The van der Waals surface area contributed by atoms with Gasteiger partial charge in [0.15, 0.2) is 0 Å². The van der Waals surface area contributed by atoms with Crippen LogP contribution < -0.4 is 5.32 Å². The number of rotatable bonds is 4. The molecule has 3 unspecified atom stereocenters. The first-order valence-electron chi connectivity index (χ1n) is 6.83. The summed E-state index contributed by atoms with van der Waals surface area (Å²) >= 11 is 0. The van der Waals surface area contributed by atoms with Crippen molar-refractivity contribution in [3.05, 3.63) is 18.2 Å². The second kappa shape index (κ2) is 5.94. The molecule has 0 aliphatic carbocycles. The van der Waals surface area contributed by atoms with E-state index in [1.165, 1.54) is 0 Å². The highest BCUT2D eigenvalue weighted by Crippen LogP contribution is 2.25. The van der Waals surface area contributed by atoms with Crippen molar-refractivity contribution < 1.29 is 14.7 Å². The van der Waals surface area contributed by atoms with Gasteiger partial charge in [0, 0.05) is 25.0 Å². The minimum Gasteiger partial charge on any atom is -0.481 e. The second-order valence-electron chi connectivity index (χ2n) is 5.05. The predicted octanol–water partition coefficient (Wildman–Crippen LogP) is 1.37. The number of carboxylic acids is 1. The summed E-state index contributed by atoms with van der Waals surface area (Å²) in [7, 11) is 0. The third-order valence-electron chi connectivity index (χ3n) is 3.89. The van der Waals surface area contributed by atoms with Crippen molar-refractivity contribution in [2.24, 2.45) is 5.92 Å². The zero-order valence-corrected chi connectivity index (χ0v) is 11.7. The van der Waals surface area contributed by atoms with Gasteiger partial charge in [-0.25, -0.2) is 9.78 Å². The maximum atomic E-state index is 12.3. The highest BCUT2D eigenvalue weighted by molar-refractivity contribution is 5.78. The van der Waals surface area contributed by atoms with Crippen LogP contribution >= 0.6 is 0 Å². The smallest absolute Gasteiger partial charge is 0.318 e. The summed E-state index contributed by atoms with van der Waals surface area (Å²) in [6, 6.07) is -0.709. The van der Waals surface area contributed by atoms with Crippen molar-refractivity contribution >= 4 is 12.0 Å². The molecule has 0 aromatic carbocycles. The first kappa shape index (κ1) is 14.4. The van der Waals surface area contributed by atoms with E-state index in [1.807, 2.05) is 6.92 Å². The average molecular weight is 280 g/mol. The highest BCUT2D eigenvalue weighted by atomic mass is 16.4. The summed E-state index contributed by atoms with van der Waals surface area (Å²) < 4.78 is 0. The molecule has 20 heavy (non-hydrogen) atoms. The van der Waals surface area contributed by atoms with Crippen LogP contribution in [0, 0.1) is 5.92 Å². The summed E-state index contributed by atoms with van der Waals surface area (Å²) in [5.74, 6) is -0.613. The molecule has 7 heteroatoms. The maximum Gasteiger partial charge on any atom is 0.318 e. The molecule has 1 fully saturated rings. The third kappa shape index (κ3) is 2.76. The van der Waals surface area contributed by atoms with Crippen LogP contribution in [0.15, 0.2) is 12.4 Å². The lowest BCUT2D eigenvalue weighted by Gasteiger charge is -2.26. The number of carbonyl (C=O) groups is 2. The lowest BCUT2D eigenvalue weighted by atomic mass is 10.0. The van der Waals surface area contributed by atoms with Crippen molar-refractivity contribution in [3.8, 4) is 0 Å². The molecule has 3 atom stereocenters. The van der Waals surface area contributed by atoms with Gasteiger partial charge in [0.1, 0.15) is 5.82 Å². The zero-order valence-electron chi connectivity index (χ0n) is 11.7. The number of nitrogens with one attached hydrogen (secondary N) is 2. The van der Waals surface area contributed by atoms with Gasteiger partial charge in [-0.2, -0.15) is 0 Å². The molecule has 2 amide bonds. The molecule has 1 saturated heterocycles. The molecule has 0 saturated carbocycles. The van der Waals surface area contributed by atoms with Gasteiger partial charge < -0.3 is 20.3 Å². The molecule has 2 rings (SSSR count). The summed E-state index contributed by atoms with van der Waals surface area (Å²) in [6.07, 6.45) is 4.57. The minimum absolute atomic E-state index is 0.187. The molecule has 2 heterocycles. The number of likely N-dealkylation sites (tertiary alicyclic amines) is 1. The number of amides is 2. The Morgan fingerprint density at radius 1 is 1.65 bits per heavy atom. The van der Waals surface area contributed by atoms with Gasteiger partial charge in [-0.05, 0) is 19.8 Å². The third-order valence-corrected chi connectivity index (χ3v) is 3.89. The van der Waals surface area contributed by atoms with Gasteiger partial charge in [-0.3, -0.25) is 4.79 Å². The summed E-state index contributed by atoms with van der Waals surface area (Å²) in [5, 5.41) is 12.0. The van der Waals surface area contributed by atoms with Crippen LogP contribution in [0.1, 0.15) is 38.6 Å². The molecule has 0 bridgehead atoms. The molecule has 1 aliphatic heterocycles. The monoisotopic (exact) mass is 280 g/mol. The Labute approximate surface area is 117 Å². The number of carbonyl (C=O) groups excluding carboxylic acids is 1. The number of aliphatic carboxylic acids is 1. The van der Waals surface area contributed by atoms with Crippen LogP contribution in [-0.2, 0) is 4.79 Å². The lowest BCUT2D eigenvalue weighted by Crippen LogP contribution is -2.45. The van der Waals surface area contributed by atoms with E-state index in [2.05, 4.69) is 15.3 Å². The molecule has 110 valence electrons. The van der Waals surface area contributed by atoms with Gasteiger partial charge in [0.25, 0.3) is 0 Å². The molecule has 3 N–H and O–H groups in total. The van der Waals surface area contributed by atoms with Crippen molar-refractivity contribution in [1.29, 1.82) is 0 Å². The summed E-state index contributed by atoms with van der Waals surface area (Å²) in [5.41, 5.74) is 0. The van der Waals surface area contributed by atoms with Crippen LogP contribution in [-0.4, -0.2) is 44.6 Å². The van der Waals surface area contributed by atoms with Gasteiger partial charge in [0.2, 0.25) is 0 Å². The van der Waals surface area contributed by atoms with E-state index in [0.717, 1.165) is 0 Å². The Kier molecular flexibility index (Phi) is 4.26. The topological polar surface area (TPSA) is 98.3 Å². The Morgan fingerprint density at radius 2 is 2.40 bits per heavy atom. The number of aromatic nitrogens is 2. The van der Waals surface area contributed by atoms with Crippen LogP contribution in [0.3, 0.4) is 0 Å². The first-order chi connectivity index (χ1) is 9.54. The van der Waals surface area contributed by atoms with E-state index in [-0.39, 0.29) is 18.1 Å². The van der Waals surface area contributed by atoms with E-state index in [4.69, 9.17) is 5.11 Å². The number of imidazole rings is 1. The average Bonchev–Trinajstić information content (AvgIpc) is 3.04. The van der Waals surface area contributed by atoms with Crippen LogP contribution in [0.5, 0.6) is 0 Å². The van der Waals surface area contributed by atoms with E-state index >= 15 is 0 Å². The van der Waals surface area contributed by atoms with Crippen molar-refractivity contribution in [2.45, 2.75) is 38.8 Å². The van der Waals surface area contributed by atoms with Crippen LogP contribution in [0.4, 0.5) is 4.79 Å². The van der Waals surface area contributed by atoms with Crippen LogP contribution in [0.2, 0.25) is 0 Å². The Morgan fingerprint density at radius 3 is 2.90 bits per heavy atom. The fourth-order valence-corrected chi connectivity index (χ4v) is 2.62. The van der Waals surface area contributed by atoms with Gasteiger partial charge in [0.05, 0.1) is 12.0 Å². The molecule has 1 aliphatic rings. The molecule has 0 radical (unpaired) electrons. The Bertz CT molecular complexity index is 474. The van der Waals surface area contributed by atoms with Crippen molar-refractivity contribution in [2.75, 3.05) is 6.54 Å². The van der Waals surface area contributed by atoms with Crippen molar-refractivity contribution in [3.63, 3.8) is 0 Å². The first-order valence-corrected chi connectivity index (χ1v) is 6.83. The lowest BCUT2D eigenvalue weighted by molar-refractivity contribution is -0.142. The molecule has 1 aromatic rings. The van der Waals surface area contributed by atoms with Gasteiger partial charge in [-0.1, -0.05) is 6.92 Å². The number of urea groups is 1. The van der Waals surface area contributed by atoms with Gasteiger partial charge >= 0.3 is 12.0 Å². The Balaban J connectivity index is 2.00. The van der Waals surface area contributed by atoms with Gasteiger partial charge in [-0.15, -0.1) is 0 Å². The molecule has 7 nitrogen and oxygen atoms in total. The SMILES string of the molecule is CCC(NC(=O)N1CCC(C(=O)O)C1C)c1ncc[nH]1. The number of aromatic amines is 1. The summed E-state index contributed by atoms with van der Waals surface area (Å²) in [4.78, 5) is 32.1. The number of H-pyrrole nitrogens is 1. The largest absolute Gasteiger partial charge is 0.481 e. The maximum absolute atomic E-state index is 12.3. The fourth-order valence-electron chi connectivity index (χ4n) is 2.62. The summed E-state index contributed by atoms with van der Waals surface area (Å²) in [6.45, 7) is 4.21. The van der Waals surface area contributed by atoms with E-state index in [1.54, 1.807) is 24.2 Å². The molecular weight excluding hydrogens is 260 g/mol. The van der Waals surface area contributed by atoms with Crippen LogP contribution in [0.25, 0.3) is 0 Å². The minimum atomic E-state index is -0.842. The highest BCUT2D eigenvalue weighted by Gasteiger charge is 2.38.